The lowest BCUT2D eigenvalue weighted by atomic mass is 10.3. The third-order valence-electron chi connectivity index (χ3n) is 0.996. The molecule has 0 aliphatic heterocycles. The third-order valence-corrected chi connectivity index (χ3v) is 0.996. The van der Waals surface area contributed by atoms with Gasteiger partial charge < -0.3 is 11.5 Å². The number of para-hydroxylation sites is 2. The molecular formula is C8H12Cl2N2. The Labute approximate surface area is 82.5 Å². The van der Waals surface area contributed by atoms with E-state index in [9.17, 15) is 0 Å². The van der Waals surface area contributed by atoms with Gasteiger partial charge in [0, 0.05) is 0 Å². The van der Waals surface area contributed by atoms with Crippen molar-refractivity contribution in [3.8, 4) is 0 Å². The van der Waals surface area contributed by atoms with Crippen LogP contribution < -0.4 is 11.5 Å². The van der Waals surface area contributed by atoms with E-state index in [1.165, 1.54) is 0 Å². The third kappa shape index (κ3) is 6.13. The lowest BCUT2D eigenvalue weighted by Gasteiger charge is -1.94. The van der Waals surface area contributed by atoms with Crippen molar-refractivity contribution < 1.29 is 0 Å². The average molecular weight is 207 g/mol. The molecule has 0 spiro atoms. The lowest BCUT2D eigenvalue weighted by Crippen LogP contribution is -1.91. The molecular weight excluding hydrogens is 195 g/mol. The summed E-state index contributed by atoms with van der Waals surface area (Å²) in [6, 6.07) is 7.25. The first-order valence-electron chi connectivity index (χ1n) is 3.42. The molecule has 4 N–H and O–H groups in total. The van der Waals surface area contributed by atoms with Crippen LogP contribution in [0.3, 0.4) is 0 Å². The van der Waals surface area contributed by atoms with Crippen molar-refractivity contribution in [3.63, 3.8) is 0 Å². The number of anilines is 2. The van der Waals surface area contributed by atoms with Crippen LogP contribution in [0.25, 0.3) is 0 Å². The van der Waals surface area contributed by atoms with Crippen LogP contribution in [0.2, 0.25) is 0 Å². The zero-order chi connectivity index (χ0) is 9.56. The maximum absolute atomic E-state index is 5.39. The highest BCUT2D eigenvalue weighted by Crippen LogP contribution is 2.10. The molecule has 1 aromatic rings. The standard InChI is InChI=1S/C6H8N2.C2H4Cl2/c7-5-3-1-2-4-6(5)8;1-2(3)4/h1-4H,7-8H2;2H,1H3. The molecule has 1 aromatic carbocycles. The summed E-state index contributed by atoms with van der Waals surface area (Å²) in [5.41, 5.74) is 12.1. The fourth-order valence-corrected chi connectivity index (χ4v) is 0.511. The molecule has 0 unspecified atom stereocenters. The molecule has 0 amide bonds. The summed E-state index contributed by atoms with van der Waals surface area (Å²) in [6.07, 6.45) is 0. The van der Waals surface area contributed by atoms with Crippen LogP contribution >= 0.6 is 23.2 Å². The predicted molar refractivity (Wildman–Crippen MR) is 56.4 cm³/mol. The van der Waals surface area contributed by atoms with E-state index in [-0.39, 0.29) is 4.84 Å². The van der Waals surface area contributed by atoms with Gasteiger partial charge in [0.15, 0.2) is 0 Å². The second-order valence-electron chi connectivity index (χ2n) is 2.15. The SMILES string of the molecule is CC(Cl)Cl.Nc1ccccc1N. The van der Waals surface area contributed by atoms with Crippen LogP contribution in [-0.2, 0) is 0 Å². The molecule has 0 aromatic heterocycles. The smallest absolute Gasteiger partial charge is 0.105 e. The summed E-state index contributed by atoms with van der Waals surface area (Å²) in [5.74, 6) is 0. The van der Waals surface area contributed by atoms with Gasteiger partial charge in [0.2, 0.25) is 0 Å². The van der Waals surface area contributed by atoms with Crippen molar-refractivity contribution in [1.82, 2.24) is 0 Å². The number of nitrogen functional groups attached to an aromatic ring is 2. The Morgan fingerprint density at radius 2 is 1.33 bits per heavy atom. The van der Waals surface area contributed by atoms with Crippen LogP contribution in [0.4, 0.5) is 11.4 Å². The van der Waals surface area contributed by atoms with Gasteiger partial charge in [0.25, 0.3) is 0 Å². The molecule has 68 valence electrons. The summed E-state index contributed by atoms with van der Waals surface area (Å²) >= 11 is 10.1. The molecule has 0 aliphatic carbocycles. The van der Waals surface area contributed by atoms with Gasteiger partial charge in [-0.2, -0.15) is 0 Å². The average Bonchev–Trinajstić information content (AvgIpc) is 1.94. The number of hydrogen-bond donors (Lipinski definition) is 2. The van der Waals surface area contributed by atoms with E-state index in [0.29, 0.717) is 11.4 Å². The molecule has 0 saturated carbocycles. The zero-order valence-electron chi connectivity index (χ0n) is 6.80. The molecule has 0 aliphatic rings. The summed E-state index contributed by atoms with van der Waals surface area (Å²) in [5, 5.41) is 0. The fourth-order valence-electron chi connectivity index (χ4n) is 0.511. The second kappa shape index (κ2) is 5.98. The molecule has 12 heavy (non-hydrogen) atoms. The summed E-state index contributed by atoms with van der Waals surface area (Å²) in [7, 11) is 0. The van der Waals surface area contributed by atoms with Crippen LogP contribution in [0.5, 0.6) is 0 Å². The van der Waals surface area contributed by atoms with E-state index < -0.39 is 0 Å². The van der Waals surface area contributed by atoms with Crippen molar-refractivity contribution in [3.05, 3.63) is 24.3 Å². The van der Waals surface area contributed by atoms with Gasteiger partial charge in [-0.05, 0) is 19.1 Å². The Kier molecular flexibility index (Phi) is 5.68. The minimum Gasteiger partial charge on any atom is -0.397 e. The molecule has 4 heteroatoms. The van der Waals surface area contributed by atoms with Crippen LogP contribution in [0.15, 0.2) is 24.3 Å². The highest BCUT2D eigenvalue weighted by Gasteiger charge is 1.85. The van der Waals surface area contributed by atoms with E-state index in [4.69, 9.17) is 34.7 Å². The van der Waals surface area contributed by atoms with Gasteiger partial charge in [-0.3, -0.25) is 0 Å². The Bertz CT molecular complexity index is 202. The maximum atomic E-state index is 5.39. The van der Waals surface area contributed by atoms with E-state index in [2.05, 4.69) is 0 Å². The molecule has 0 radical (unpaired) electrons. The number of halogens is 2. The molecule has 1 rings (SSSR count). The summed E-state index contributed by atoms with van der Waals surface area (Å²) in [6.45, 7) is 1.70. The first kappa shape index (κ1) is 11.4. The van der Waals surface area contributed by atoms with Crippen molar-refractivity contribution in [2.45, 2.75) is 11.8 Å². The molecule has 0 heterocycles. The van der Waals surface area contributed by atoms with Gasteiger partial charge in [0.1, 0.15) is 4.84 Å². The first-order chi connectivity index (χ1) is 5.54. The van der Waals surface area contributed by atoms with Gasteiger partial charge in [0.05, 0.1) is 11.4 Å². The van der Waals surface area contributed by atoms with E-state index in [1.807, 2.05) is 12.1 Å². The Hall–Kier alpha value is -0.600. The minimum atomic E-state index is -0.222. The largest absolute Gasteiger partial charge is 0.397 e. The Morgan fingerprint density at radius 3 is 1.50 bits per heavy atom. The Balaban J connectivity index is 0.000000261. The quantitative estimate of drug-likeness (QED) is 0.507. The lowest BCUT2D eigenvalue weighted by molar-refractivity contribution is 1.39. The van der Waals surface area contributed by atoms with Crippen LogP contribution in [-0.4, -0.2) is 4.84 Å². The number of hydrogen-bond acceptors (Lipinski definition) is 2. The molecule has 0 atom stereocenters. The number of alkyl halides is 2. The normalized spacial score (nSPS) is 9.00. The van der Waals surface area contributed by atoms with Crippen molar-refractivity contribution in [2.75, 3.05) is 11.5 Å². The topological polar surface area (TPSA) is 52.0 Å². The second-order valence-corrected chi connectivity index (χ2v) is 3.68. The van der Waals surface area contributed by atoms with E-state index in [1.54, 1.807) is 19.1 Å². The maximum Gasteiger partial charge on any atom is 0.105 e. The molecule has 0 fully saturated rings. The number of benzene rings is 1. The van der Waals surface area contributed by atoms with Crippen molar-refractivity contribution >= 4 is 34.6 Å². The van der Waals surface area contributed by atoms with Gasteiger partial charge in [-0.1, -0.05) is 12.1 Å². The summed E-state index contributed by atoms with van der Waals surface area (Å²) < 4.78 is 0. The van der Waals surface area contributed by atoms with Crippen LogP contribution in [0, 0.1) is 0 Å². The molecule has 0 bridgehead atoms. The predicted octanol–water partition coefficient (Wildman–Crippen LogP) is 2.66. The first-order valence-corrected chi connectivity index (χ1v) is 4.29. The van der Waals surface area contributed by atoms with E-state index in [0.717, 1.165) is 0 Å². The zero-order valence-corrected chi connectivity index (χ0v) is 8.31. The molecule has 0 saturated heterocycles. The molecule has 2 nitrogen and oxygen atoms in total. The fraction of sp³-hybridized carbons (Fsp3) is 0.250. The van der Waals surface area contributed by atoms with E-state index >= 15 is 0 Å². The monoisotopic (exact) mass is 206 g/mol. The number of rotatable bonds is 0. The van der Waals surface area contributed by atoms with Crippen LogP contribution in [0.1, 0.15) is 6.92 Å². The highest BCUT2D eigenvalue weighted by atomic mass is 35.5. The summed E-state index contributed by atoms with van der Waals surface area (Å²) in [4.78, 5) is -0.222. The Morgan fingerprint density at radius 1 is 1.08 bits per heavy atom. The minimum absolute atomic E-state index is 0.222. The van der Waals surface area contributed by atoms with Gasteiger partial charge in [-0.25, -0.2) is 0 Å². The van der Waals surface area contributed by atoms with Gasteiger partial charge >= 0.3 is 0 Å². The van der Waals surface area contributed by atoms with Gasteiger partial charge in [-0.15, -0.1) is 23.2 Å². The highest BCUT2D eigenvalue weighted by molar-refractivity contribution is 6.43. The van der Waals surface area contributed by atoms with Crippen molar-refractivity contribution in [1.29, 1.82) is 0 Å². The van der Waals surface area contributed by atoms with Crippen molar-refractivity contribution in [2.24, 2.45) is 0 Å². The number of nitrogens with two attached hydrogens (primary N) is 2.